The van der Waals surface area contributed by atoms with Crippen molar-refractivity contribution in [3.05, 3.63) is 12.2 Å². The third-order valence-corrected chi connectivity index (χ3v) is 6.69. The quantitative estimate of drug-likeness (QED) is 0.538. The van der Waals surface area contributed by atoms with Gasteiger partial charge in [0.1, 0.15) is 11.7 Å². The number of carbonyl (C=O) groups is 2. The topological polar surface area (TPSA) is 83.8 Å². The summed E-state index contributed by atoms with van der Waals surface area (Å²) in [4.78, 5) is 24.6. The molecule has 5 nitrogen and oxygen atoms in total. The first-order chi connectivity index (χ1) is 9.71. The summed E-state index contributed by atoms with van der Waals surface area (Å²) >= 11 is 3.18. The number of alkyl halides is 1. The molecule has 6 atom stereocenters. The molecule has 1 unspecified atom stereocenters. The number of rotatable bonds is 1. The minimum Gasteiger partial charge on any atom is -0.459 e. The fourth-order valence-corrected chi connectivity index (χ4v) is 4.85. The largest absolute Gasteiger partial charge is 0.459 e. The van der Waals surface area contributed by atoms with Crippen LogP contribution in [0.25, 0.3) is 0 Å². The minimum atomic E-state index is -1.64. The predicted octanol–water partition coefficient (Wildman–Crippen LogP) is 0.960. The molecule has 1 aliphatic heterocycles. The van der Waals surface area contributed by atoms with Crippen LogP contribution in [-0.2, 0) is 14.3 Å². The van der Waals surface area contributed by atoms with Crippen molar-refractivity contribution in [1.82, 2.24) is 0 Å². The lowest BCUT2D eigenvalue weighted by molar-refractivity contribution is -0.168. The summed E-state index contributed by atoms with van der Waals surface area (Å²) in [7, 11) is 0. The van der Waals surface area contributed by atoms with Crippen molar-refractivity contribution in [3.8, 4) is 0 Å². The number of ether oxygens (including phenoxy) is 1. The van der Waals surface area contributed by atoms with Crippen molar-refractivity contribution in [2.24, 2.45) is 17.3 Å². The molecule has 21 heavy (non-hydrogen) atoms. The summed E-state index contributed by atoms with van der Waals surface area (Å²) in [6, 6.07) is 0. The van der Waals surface area contributed by atoms with E-state index in [4.69, 9.17) is 4.74 Å². The molecular weight excluding hydrogens is 340 g/mol. The number of halogens is 1. The molecule has 1 heterocycles. The number of carbonyl (C=O) groups excluding carboxylic acids is 2. The van der Waals surface area contributed by atoms with Crippen LogP contribution < -0.4 is 0 Å². The van der Waals surface area contributed by atoms with Crippen LogP contribution in [0.1, 0.15) is 26.7 Å². The van der Waals surface area contributed by atoms with Crippen molar-refractivity contribution >= 4 is 27.7 Å². The number of allylic oxidation sites excluding steroid dienone is 1. The average molecular weight is 359 g/mol. The van der Waals surface area contributed by atoms with E-state index in [9.17, 15) is 19.8 Å². The average Bonchev–Trinajstić information content (AvgIpc) is 2.82. The zero-order valence-corrected chi connectivity index (χ0v) is 13.6. The van der Waals surface area contributed by atoms with Crippen molar-refractivity contribution < 1.29 is 24.5 Å². The lowest BCUT2D eigenvalue weighted by Gasteiger charge is -2.43. The molecule has 0 amide bonds. The Balaban J connectivity index is 2.15. The van der Waals surface area contributed by atoms with Gasteiger partial charge in [0.05, 0.1) is 5.41 Å². The molecular formula is C15H19BrO5. The van der Waals surface area contributed by atoms with Crippen LogP contribution in [-0.4, -0.2) is 44.6 Å². The third-order valence-electron chi connectivity index (χ3n) is 5.83. The Morgan fingerprint density at radius 2 is 2.05 bits per heavy atom. The Morgan fingerprint density at radius 3 is 2.67 bits per heavy atom. The number of fused-ring (bicyclic) bond motifs is 3. The number of hydrogen-bond acceptors (Lipinski definition) is 5. The van der Waals surface area contributed by atoms with Gasteiger partial charge >= 0.3 is 5.97 Å². The molecule has 0 aromatic carbocycles. The molecule has 0 radical (unpaired) electrons. The summed E-state index contributed by atoms with van der Waals surface area (Å²) in [5.74, 6) is -1.63. The standard InChI is InChI=1S/C15H19BrO5/c1-8-3-4-9-11(21-12(18)14(9,19)7-16)13(2)10(17)5-6-15(8,13)20/h5-6,8-9,11,19-20H,3-4,7H2,1-2H3/t8-,9+,11+,13-,14?,15+/m0/s1. The van der Waals surface area contributed by atoms with Gasteiger partial charge in [-0.1, -0.05) is 22.9 Å². The minimum absolute atomic E-state index is 0.0600. The van der Waals surface area contributed by atoms with Crippen LogP contribution in [0.15, 0.2) is 12.2 Å². The van der Waals surface area contributed by atoms with Gasteiger partial charge in [-0.25, -0.2) is 4.79 Å². The van der Waals surface area contributed by atoms with Gasteiger partial charge in [0.2, 0.25) is 0 Å². The van der Waals surface area contributed by atoms with Crippen LogP contribution in [0.4, 0.5) is 0 Å². The van der Waals surface area contributed by atoms with Crippen LogP contribution in [0.3, 0.4) is 0 Å². The number of ketones is 1. The van der Waals surface area contributed by atoms with E-state index in [1.807, 2.05) is 6.92 Å². The number of esters is 1. The summed E-state index contributed by atoms with van der Waals surface area (Å²) in [6.45, 7) is 3.53. The van der Waals surface area contributed by atoms with Crippen LogP contribution in [0.5, 0.6) is 0 Å². The maximum absolute atomic E-state index is 12.5. The van der Waals surface area contributed by atoms with E-state index in [1.54, 1.807) is 6.92 Å². The highest BCUT2D eigenvalue weighted by atomic mass is 79.9. The Bertz CT molecular complexity index is 546. The molecule has 1 saturated heterocycles. The Kier molecular flexibility index (Phi) is 3.18. The van der Waals surface area contributed by atoms with Gasteiger partial charge in [0, 0.05) is 11.2 Å². The molecule has 2 aliphatic carbocycles. The zero-order valence-electron chi connectivity index (χ0n) is 12.0. The van der Waals surface area contributed by atoms with Crippen molar-refractivity contribution in [2.45, 2.75) is 44.0 Å². The van der Waals surface area contributed by atoms with Gasteiger partial charge < -0.3 is 14.9 Å². The van der Waals surface area contributed by atoms with E-state index in [0.717, 1.165) is 0 Å². The molecule has 0 aromatic heterocycles. The van der Waals surface area contributed by atoms with Crippen molar-refractivity contribution in [3.63, 3.8) is 0 Å². The van der Waals surface area contributed by atoms with Gasteiger partial charge in [-0.2, -0.15) is 0 Å². The highest BCUT2D eigenvalue weighted by Gasteiger charge is 2.70. The molecule has 2 N–H and O–H groups in total. The summed E-state index contributed by atoms with van der Waals surface area (Å²) in [6.07, 6.45) is 3.22. The summed E-state index contributed by atoms with van der Waals surface area (Å²) < 4.78 is 5.41. The van der Waals surface area contributed by atoms with E-state index in [2.05, 4.69) is 15.9 Å². The lowest BCUT2D eigenvalue weighted by Crippen LogP contribution is -2.57. The van der Waals surface area contributed by atoms with Crippen LogP contribution in [0.2, 0.25) is 0 Å². The summed E-state index contributed by atoms with van der Waals surface area (Å²) in [5.41, 5.74) is -4.22. The second-order valence-corrected chi connectivity index (χ2v) is 7.25. The maximum atomic E-state index is 12.5. The van der Waals surface area contributed by atoms with E-state index in [-0.39, 0.29) is 17.0 Å². The Morgan fingerprint density at radius 1 is 1.38 bits per heavy atom. The van der Waals surface area contributed by atoms with Crippen molar-refractivity contribution in [1.29, 1.82) is 0 Å². The third kappa shape index (κ3) is 1.58. The molecule has 2 fully saturated rings. The number of aliphatic hydroxyl groups is 2. The summed E-state index contributed by atoms with van der Waals surface area (Å²) in [5, 5.41) is 21.8. The predicted molar refractivity (Wildman–Crippen MR) is 77.7 cm³/mol. The number of hydrogen-bond donors (Lipinski definition) is 2. The Labute approximate surface area is 131 Å². The molecule has 0 bridgehead atoms. The van der Waals surface area contributed by atoms with Crippen LogP contribution >= 0.6 is 15.9 Å². The van der Waals surface area contributed by atoms with Gasteiger partial charge in [0.25, 0.3) is 0 Å². The first-order valence-corrected chi connectivity index (χ1v) is 8.29. The van der Waals surface area contributed by atoms with E-state index >= 15 is 0 Å². The highest BCUT2D eigenvalue weighted by molar-refractivity contribution is 9.09. The molecule has 116 valence electrons. The lowest BCUT2D eigenvalue weighted by atomic mass is 9.64. The van der Waals surface area contributed by atoms with Gasteiger partial charge in [-0.3, -0.25) is 4.79 Å². The smallest absolute Gasteiger partial charge is 0.339 e. The Hall–Kier alpha value is -0.720. The fraction of sp³-hybridized carbons (Fsp3) is 0.733. The molecule has 0 aromatic rings. The first kappa shape index (κ1) is 15.2. The molecule has 3 aliphatic rings. The second kappa shape index (κ2) is 4.40. The van der Waals surface area contributed by atoms with Gasteiger partial charge in [0.15, 0.2) is 11.4 Å². The SMILES string of the molecule is C[C@H]1CC[C@@H]2[C@@H](OC(=O)C2(O)CBr)[C@]2(C)C(=O)C=C[C@@]12O. The first-order valence-electron chi connectivity index (χ1n) is 7.17. The molecule has 1 saturated carbocycles. The molecule has 3 rings (SSSR count). The van der Waals surface area contributed by atoms with Crippen LogP contribution in [0, 0.1) is 17.3 Å². The van der Waals surface area contributed by atoms with E-state index < -0.39 is 34.6 Å². The van der Waals surface area contributed by atoms with Gasteiger partial charge in [-0.15, -0.1) is 0 Å². The van der Waals surface area contributed by atoms with Crippen molar-refractivity contribution in [2.75, 3.05) is 5.33 Å². The molecule has 0 spiro atoms. The zero-order chi connectivity index (χ0) is 15.6. The van der Waals surface area contributed by atoms with Gasteiger partial charge in [-0.05, 0) is 37.8 Å². The molecule has 6 heteroatoms. The second-order valence-electron chi connectivity index (χ2n) is 6.69. The van der Waals surface area contributed by atoms with E-state index in [0.29, 0.717) is 12.8 Å². The maximum Gasteiger partial charge on any atom is 0.339 e. The fourth-order valence-electron chi connectivity index (χ4n) is 4.21. The normalized spacial score (nSPS) is 52.3. The van der Waals surface area contributed by atoms with E-state index in [1.165, 1.54) is 12.2 Å². The monoisotopic (exact) mass is 358 g/mol. The highest BCUT2D eigenvalue weighted by Crippen LogP contribution is 2.57.